The molecular formula is C16H30O3. The average Bonchev–Trinajstić information content (AvgIpc) is 2.39. The lowest BCUT2D eigenvalue weighted by Crippen LogP contribution is -2.06. The summed E-state index contributed by atoms with van der Waals surface area (Å²) in [4.78, 5) is 10.7. The molecule has 1 unspecified atom stereocenters. The fourth-order valence-electron chi connectivity index (χ4n) is 2.19. The van der Waals surface area contributed by atoms with Crippen LogP contribution in [-0.2, 0) is 4.79 Å². The molecule has 3 nitrogen and oxygen atoms in total. The maximum Gasteiger partial charge on any atom is 0.330 e. The second-order valence-corrected chi connectivity index (χ2v) is 5.36. The minimum Gasteiger partial charge on any atom is -0.478 e. The van der Waals surface area contributed by atoms with Crippen LogP contribution in [0.4, 0.5) is 0 Å². The van der Waals surface area contributed by atoms with Crippen molar-refractivity contribution in [3.63, 3.8) is 0 Å². The van der Waals surface area contributed by atoms with Crippen LogP contribution in [0.25, 0.3) is 0 Å². The van der Waals surface area contributed by atoms with Crippen LogP contribution in [-0.4, -0.2) is 22.8 Å². The lowest BCUT2D eigenvalue weighted by atomic mass is 9.98. The molecule has 0 saturated heterocycles. The number of unbranched alkanes of at least 4 members (excludes halogenated alkanes) is 7. The second-order valence-electron chi connectivity index (χ2n) is 5.36. The third-order valence-electron chi connectivity index (χ3n) is 3.49. The molecule has 3 heteroatoms. The van der Waals surface area contributed by atoms with E-state index in [2.05, 4.69) is 6.92 Å². The molecule has 0 aliphatic rings. The van der Waals surface area contributed by atoms with Crippen molar-refractivity contribution in [2.45, 2.75) is 71.6 Å². The van der Waals surface area contributed by atoms with Crippen molar-refractivity contribution in [2.24, 2.45) is 5.92 Å². The summed E-state index contributed by atoms with van der Waals surface area (Å²) in [5, 5.41) is 18.0. The molecule has 0 aromatic rings. The minimum absolute atomic E-state index is 0.00353. The van der Waals surface area contributed by atoms with Gasteiger partial charge in [-0.25, -0.2) is 4.79 Å². The van der Waals surface area contributed by atoms with Crippen LogP contribution in [0.2, 0.25) is 0 Å². The van der Waals surface area contributed by atoms with Crippen LogP contribution in [0.3, 0.4) is 0 Å². The van der Waals surface area contributed by atoms with Crippen molar-refractivity contribution in [3.05, 3.63) is 11.6 Å². The van der Waals surface area contributed by atoms with Crippen LogP contribution in [0.5, 0.6) is 0 Å². The Hall–Kier alpha value is -0.830. The van der Waals surface area contributed by atoms with Gasteiger partial charge in [-0.2, -0.15) is 0 Å². The van der Waals surface area contributed by atoms with Crippen molar-refractivity contribution in [2.75, 3.05) is 6.61 Å². The maximum absolute atomic E-state index is 10.7. The van der Waals surface area contributed by atoms with E-state index in [1.165, 1.54) is 44.9 Å². The summed E-state index contributed by atoms with van der Waals surface area (Å²) in [6.45, 7) is 3.85. The van der Waals surface area contributed by atoms with Gasteiger partial charge < -0.3 is 10.2 Å². The Morgan fingerprint density at radius 3 is 2.05 bits per heavy atom. The van der Waals surface area contributed by atoms with E-state index >= 15 is 0 Å². The highest BCUT2D eigenvalue weighted by Gasteiger charge is 2.07. The molecular weight excluding hydrogens is 240 g/mol. The third kappa shape index (κ3) is 10.8. The highest BCUT2D eigenvalue weighted by molar-refractivity contribution is 5.85. The number of rotatable bonds is 12. The normalized spacial score (nSPS) is 13.5. The summed E-state index contributed by atoms with van der Waals surface area (Å²) >= 11 is 0. The Labute approximate surface area is 117 Å². The molecule has 0 aliphatic carbocycles. The molecule has 1 atom stereocenters. The van der Waals surface area contributed by atoms with Gasteiger partial charge in [0.15, 0.2) is 0 Å². The minimum atomic E-state index is -0.894. The van der Waals surface area contributed by atoms with Crippen LogP contribution >= 0.6 is 0 Å². The van der Waals surface area contributed by atoms with Gasteiger partial charge in [0.2, 0.25) is 0 Å². The fraction of sp³-hybridized carbons (Fsp3) is 0.812. The first kappa shape index (κ1) is 18.2. The highest BCUT2D eigenvalue weighted by Crippen LogP contribution is 2.15. The molecule has 0 aliphatic heterocycles. The molecule has 0 heterocycles. The summed E-state index contributed by atoms with van der Waals surface area (Å²) in [6.07, 6.45) is 12.7. The van der Waals surface area contributed by atoms with E-state index in [9.17, 15) is 9.90 Å². The quantitative estimate of drug-likeness (QED) is 0.413. The monoisotopic (exact) mass is 270 g/mol. The van der Waals surface area contributed by atoms with Crippen molar-refractivity contribution < 1.29 is 15.0 Å². The predicted octanol–water partition coefficient (Wildman–Crippen LogP) is 4.16. The van der Waals surface area contributed by atoms with Crippen molar-refractivity contribution in [1.82, 2.24) is 0 Å². The number of carboxylic acids is 1. The average molecular weight is 270 g/mol. The zero-order valence-corrected chi connectivity index (χ0v) is 12.5. The molecule has 2 N–H and O–H groups in total. The number of aliphatic hydroxyl groups excluding tert-OH is 1. The smallest absolute Gasteiger partial charge is 0.330 e. The molecule has 0 rings (SSSR count). The number of carboxylic acid groups (broad SMARTS) is 1. The molecule has 19 heavy (non-hydrogen) atoms. The van der Waals surface area contributed by atoms with E-state index in [-0.39, 0.29) is 12.5 Å². The molecule has 112 valence electrons. The summed E-state index contributed by atoms with van der Waals surface area (Å²) < 4.78 is 0. The Bertz CT molecular complexity index is 259. The van der Waals surface area contributed by atoms with Gasteiger partial charge >= 0.3 is 5.97 Å². The van der Waals surface area contributed by atoms with E-state index < -0.39 is 5.97 Å². The number of aliphatic carboxylic acids is 1. The maximum atomic E-state index is 10.7. The molecule has 0 saturated carbocycles. The summed E-state index contributed by atoms with van der Waals surface area (Å²) in [6, 6.07) is 0. The Kier molecular flexibility index (Phi) is 11.7. The Morgan fingerprint density at radius 1 is 1.05 bits per heavy atom. The predicted molar refractivity (Wildman–Crippen MR) is 79.2 cm³/mol. The molecule has 0 aromatic carbocycles. The summed E-state index contributed by atoms with van der Waals surface area (Å²) in [7, 11) is 0. The molecule has 0 amide bonds. The van der Waals surface area contributed by atoms with E-state index in [0.29, 0.717) is 5.57 Å². The topological polar surface area (TPSA) is 57.5 Å². The largest absolute Gasteiger partial charge is 0.478 e. The lowest BCUT2D eigenvalue weighted by molar-refractivity contribution is -0.132. The Balaban J connectivity index is 3.62. The van der Waals surface area contributed by atoms with E-state index in [1.54, 1.807) is 13.0 Å². The standard InChI is InChI=1S/C16H30O3/c1-3-4-5-6-7-8-9-10-11-15(13-17)12-14(2)16(18)19/h12,15,17H,3-11,13H2,1-2H3,(H,18,19). The lowest BCUT2D eigenvalue weighted by Gasteiger charge is -2.10. The van der Waals surface area contributed by atoms with Gasteiger partial charge in [0, 0.05) is 18.1 Å². The van der Waals surface area contributed by atoms with Crippen molar-refractivity contribution in [1.29, 1.82) is 0 Å². The van der Waals surface area contributed by atoms with E-state index in [4.69, 9.17) is 5.11 Å². The fourth-order valence-corrected chi connectivity index (χ4v) is 2.19. The molecule has 0 bridgehead atoms. The Morgan fingerprint density at radius 2 is 1.58 bits per heavy atom. The zero-order chi connectivity index (χ0) is 14.5. The van der Waals surface area contributed by atoms with Gasteiger partial charge in [0.1, 0.15) is 0 Å². The number of aliphatic hydroxyl groups is 1. The number of hydrogen-bond acceptors (Lipinski definition) is 2. The van der Waals surface area contributed by atoms with Crippen LogP contribution < -0.4 is 0 Å². The number of carbonyl (C=O) groups is 1. The van der Waals surface area contributed by atoms with E-state index in [1.807, 2.05) is 0 Å². The highest BCUT2D eigenvalue weighted by atomic mass is 16.4. The first-order chi connectivity index (χ1) is 9.11. The number of hydrogen-bond donors (Lipinski definition) is 2. The van der Waals surface area contributed by atoms with Crippen LogP contribution in [0.1, 0.15) is 71.6 Å². The van der Waals surface area contributed by atoms with E-state index in [0.717, 1.165) is 12.8 Å². The first-order valence-corrected chi connectivity index (χ1v) is 7.64. The second kappa shape index (κ2) is 12.2. The van der Waals surface area contributed by atoms with Gasteiger partial charge in [0.05, 0.1) is 0 Å². The molecule has 0 aromatic heterocycles. The van der Waals surface area contributed by atoms with Gasteiger partial charge in [0.25, 0.3) is 0 Å². The third-order valence-corrected chi connectivity index (χ3v) is 3.49. The van der Waals surface area contributed by atoms with Gasteiger partial charge in [-0.3, -0.25) is 0 Å². The van der Waals surface area contributed by atoms with Crippen molar-refractivity contribution >= 4 is 5.97 Å². The van der Waals surface area contributed by atoms with Gasteiger partial charge in [-0.05, 0) is 13.3 Å². The SMILES string of the molecule is CCCCCCCCCCC(C=C(C)C(=O)O)CO. The first-order valence-electron chi connectivity index (χ1n) is 7.64. The molecule has 0 radical (unpaired) electrons. The van der Waals surface area contributed by atoms with Crippen molar-refractivity contribution in [3.8, 4) is 0 Å². The zero-order valence-electron chi connectivity index (χ0n) is 12.5. The summed E-state index contributed by atoms with van der Waals surface area (Å²) in [5.41, 5.74) is 0.332. The summed E-state index contributed by atoms with van der Waals surface area (Å²) in [5.74, 6) is -0.898. The van der Waals surface area contributed by atoms with Crippen LogP contribution in [0, 0.1) is 5.92 Å². The van der Waals surface area contributed by atoms with Crippen LogP contribution in [0.15, 0.2) is 11.6 Å². The van der Waals surface area contributed by atoms with Gasteiger partial charge in [-0.1, -0.05) is 64.4 Å². The van der Waals surface area contributed by atoms with Gasteiger partial charge in [-0.15, -0.1) is 0 Å². The molecule has 0 fully saturated rings. The molecule has 0 spiro atoms.